The third-order valence-corrected chi connectivity index (χ3v) is 5.90. The van der Waals surface area contributed by atoms with Gasteiger partial charge in [0.25, 0.3) is 10.0 Å². The van der Waals surface area contributed by atoms with Crippen LogP contribution in [0.1, 0.15) is 37.1 Å². The summed E-state index contributed by atoms with van der Waals surface area (Å²) in [6.07, 6.45) is 6.65. The monoisotopic (exact) mass is 349 g/mol. The number of hydrogen-bond donors (Lipinski definition) is 2. The number of aryl methyl sites for hydroxylation is 2. The molecule has 1 aliphatic rings. The predicted octanol–water partition coefficient (Wildman–Crippen LogP) is 2.60. The zero-order valence-corrected chi connectivity index (χ0v) is 14.9. The van der Waals surface area contributed by atoms with E-state index in [1.807, 2.05) is 6.07 Å². The molecule has 3 heterocycles. The average Bonchev–Trinajstić information content (AvgIpc) is 2.76. The number of sulfonamides is 1. The molecular formula is C16H23N5O2S. The molecule has 0 bridgehead atoms. The quantitative estimate of drug-likeness (QED) is 0.885. The van der Waals surface area contributed by atoms with Crippen LogP contribution in [0.3, 0.4) is 0 Å². The highest BCUT2D eigenvalue weighted by Crippen LogP contribution is 2.22. The number of nitrogens with one attached hydrogen (secondary N) is 2. The Morgan fingerprint density at radius 1 is 1.12 bits per heavy atom. The smallest absolute Gasteiger partial charge is 0.266 e. The number of H-pyrrole nitrogens is 1. The first kappa shape index (κ1) is 16.8. The van der Waals surface area contributed by atoms with Crippen LogP contribution in [0, 0.1) is 13.8 Å². The molecule has 0 amide bonds. The van der Waals surface area contributed by atoms with E-state index in [9.17, 15) is 8.42 Å². The third-order valence-electron chi connectivity index (χ3n) is 4.29. The van der Waals surface area contributed by atoms with Gasteiger partial charge in [0, 0.05) is 13.1 Å². The Balaban J connectivity index is 1.76. The van der Waals surface area contributed by atoms with Crippen molar-refractivity contribution in [3.63, 3.8) is 0 Å². The molecule has 8 heteroatoms. The second-order valence-corrected chi connectivity index (χ2v) is 7.79. The van der Waals surface area contributed by atoms with E-state index in [1.165, 1.54) is 25.7 Å². The molecule has 1 saturated heterocycles. The summed E-state index contributed by atoms with van der Waals surface area (Å²) in [6.45, 7) is 5.40. The first-order chi connectivity index (χ1) is 11.5. The Morgan fingerprint density at radius 2 is 1.83 bits per heavy atom. The number of anilines is 2. The van der Waals surface area contributed by atoms with Gasteiger partial charge in [-0.25, -0.2) is 13.4 Å². The van der Waals surface area contributed by atoms with Crippen LogP contribution in [0.4, 0.5) is 11.5 Å². The highest BCUT2D eigenvalue weighted by Gasteiger charge is 2.22. The maximum atomic E-state index is 12.5. The lowest BCUT2D eigenvalue weighted by Crippen LogP contribution is -2.24. The van der Waals surface area contributed by atoms with Crippen molar-refractivity contribution in [1.82, 2.24) is 15.2 Å². The summed E-state index contributed by atoms with van der Waals surface area (Å²) >= 11 is 0. The van der Waals surface area contributed by atoms with Gasteiger partial charge in [-0.3, -0.25) is 9.82 Å². The molecule has 0 atom stereocenters. The minimum Gasteiger partial charge on any atom is -0.370 e. The van der Waals surface area contributed by atoms with E-state index in [0.29, 0.717) is 17.2 Å². The maximum absolute atomic E-state index is 12.5. The Labute approximate surface area is 142 Å². The van der Waals surface area contributed by atoms with Gasteiger partial charge in [0.05, 0.1) is 23.3 Å². The van der Waals surface area contributed by atoms with E-state index in [0.717, 1.165) is 18.8 Å². The van der Waals surface area contributed by atoms with E-state index in [4.69, 9.17) is 0 Å². The van der Waals surface area contributed by atoms with Crippen LogP contribution in [0.5, 0.6) is 0 Å². The number of pyridine rings is 1. The summed E-state index contributed by atoms with van der Waals surface area (Å²) in [6, 6.07) is 3.63. The van der Waals surface area contributed by atoms with Crippen LogP contribution < -0.4 is 9.62 Å². The number of rotatable bonds is 4. The van der Waals surface area contributed by atoms with E-state index >= 15 is 0 Å². The predicted molar refractivity (Wildman–Crippen MR) is 93.8 cm³/mol. The largest absolute Gasteiger partial charge is 0.370 e. The van der Waals surface area contributed by atoms with Gasteiger partial charge in [-0.1, -0.05) is 12.8 Å². The normalized spacial score (nSPS) is 16.0. The molecule has 7 nitrogen and oxygen atoms in total. The zero-order valence-electron chi connectivity index (χ0n) is 14.0. The first-order valence-electron chi connectivity index (χ1n) is 8.23. The number of aromatic amines is 1. The van der Waals surface area contributed by atoms with Crippen molar-refractivity contribution < 1.29 is 8.42 Å². The fourth-order valence-electron chi connectivity index (χ4n) is 3.09. The van der Waals surface area contributed by atoms with Crippen molar-refractivity contribution in [1.29, 1.82) is 0 Å². The molecule has 0 saturated carbocycles. The van der Waals surface area contributed by atoms with Gasteiger partial charge < -0.3 is 4.90 Å². The average molecular weight is 349 g/mol. The highest BCUT2D eigenvalue weighted by atomic mass is 32.2. The molecule has 2 aromatic rings. The molecule has 0 unspecified atom stereocenters. The van der Waals surface area contributed by atoms with Crippen molar-refractivity contribution in [3.8, 4) is 0 Å². The van der Waals surface area contributed by atoms with E-state index in [1.54, 1.807) is 26.1 Å². The third kappa shape index (κ3) is 3.53. The van der Waals surface area contributed by atoms with E-state index in [2.05, 4.69) is 24.8 Å². The van der Waals surface area contributed by atoms with Crippen molar-refractivity contribution in [3.05, 3.63) is 29.7 Å². The highest BCUT2D eigenvalue weighted by molar-refractivity contribution is 7.92. The summed E-state index contributed by atoms with van der Waals surface area (Å²) in [5, 5.41) is 6.63. The number of hydrogen-bond acceptors (Lipinski definition) is 5. The van der Waals surface area contributed by atoms with Crippen LogP contribution in [-0.4, -0.2) is 36.7 Å². The molecule has 3 rings (SSSR count). The van der Waals surface area contributed by atoms with Crippen molar-refractivity contribution in [2.75, 3.05) is 22.7 Å². The van der Waals surface area contributed by atoms with Gasteiger partial charge in [0.2, 0.25) is 0 Å². The van der Waals surface area contributed by atoms with Crippen LogP contribution >= 0.6 is 0 Å². The summed E-state index contributed by atoms with van der Waals surface area (Å²) in [7, 11) is -3.69. The van der Waals surface area contributed by atoms with Crippen molar-refractivity contribution in [2.24, 2.45) is 0 Å². The SMILES string of the molecule is Cc1n[nH]c(C)c1S(=O)(=O)Nc1ccc(N2CCCCCC2)cn1. The second-order valence-electron chi connectivity index (χ2n) is 6.17. The van der Waals surface area contributed by atoms with Crippen LogP contribution in [-0.2, 0) is 10.0 Å². The fourth-order valence-corrected chi connectivity index (χ4v) is 4.47. The Bertz CT molecular complexity index is 771. The van der Waals surface area contributed by atoms with Gasteiger partial charge in [-0.05, 0) is 38.8 Å². The molecule has 0 radical (unpaired) electrons. The zero-order chi connectivity index (χ0) is 17.2. The Kier molecular flexibility index (Phi) is 4.75. The molecule has 0 spiro atoms. The lowest BCUT2D eigenvalue weighted by Gasteiger charge is -2.22. The number of aromatic nitrogens is 3. The van der Waals surface area contributed by atoms with Gasteiger partial charge in [-0.15, -0.1) is 0 Å². The molecule has 1 aliphatic heterocycles. The summed E-state index contributed by atoms with van der Waals surface area (Å²) in [4.78, 5) is 6.77. The molecule has 2 aromatic heterocycles. The van der Waals surface area contributed by atoms with Gasteiger partial charge in [0.15, 0.2) is 0 Å². The standard InChI is InChI=1S/C16H23N5O2S/c1-12-16(13(2)19-18-12)24(22,23)20-15-8-7-14(11-17-15)21-9-5-3-4-6-10-21/h7-8,11H,3-6,9-10H2,1-2H3,(H,17,20)(H,18,19). The topological polar surface area (TPSA) is 91.0 Å². The lowest BCUT2D eigenvalue weighted by atomic mass is 10.2. The van der Waals surface area contributed by atoms with Crippen LogP contribution in [0.15, 0.2) is 23.2 Å². The molecule has 0 aliphatic carbocycles. The first-order valence-corrected chi connectivity index (χ1v) is 9.71. The number of nitrogens with zero attached hydrogens (tertiary/aromatic N) is 3. The molecule has 130 valence electrons. The van der Waals surface area contributed by atoms with Gasteiger partial charge in [0.1, 0.15) is 10.7 Å². The fraction of sp³-hybridized carbons (Fsp3) is 0.500. The Morgan fingerprint density at radius 3 is 2.38 bits per heavy atom. The summed E-state index contributed by atoms with van der Waals surface area (Å²) in [5.41, 5.74) is 2.00. The molecule has 24 heavy (non-hydrogen) atoms. The molecular weight excluding hydrogens is 326 g/mol. The van der Waals surface area contributed by atoms with Crippen molar-refractivity contribution >= 4 is 21.5 Å². The van der Waals surface area contributed by atoms with Crippen molar-refractivity contribution in [2.45, 2.75) is 44.4 Å². The molecule has 1 fully saturated rings. The lowest BCUT2D eigenvalue weighted by molar-refractivity contribution is 0.600. The summed E-state index contributed by atoms with van der Waals surface area (Å²) in [5.74, 6) is 0.313. The Hall–Kier alpha value is -2.09. The minimum atomic E-state index is -3.69. The maximum Gasteiger partial charge on any atom is 0.266 e. The summed E-state index contributed by atoms with van der Waals surface area (Å²) < 4.78 is 27.6. The van der Waals surface area contributed by atoms with Crippen LogP contribution in [0.2, 0.25) is 0 Å². The second kappa shape index (κ2) is 6.80. The minimum absolute atomic E-state index is 0.181. The van der Waals surface area contributed by atoms with Gasteiger partial charge >= 0.3 is 0 Å². The van der Waals surface area contributed by atoms with Gasteiger partial charge in [-0.2, -0.15) is 5.10 Å². The van der Waals surface area contributed by atoms with Crippen LogP contribution in [0.25, 0.3) is 0 Å². The molecule has 0 aromatic carbocycles. The van der Waals surface area contributed by atoms with E-state index < -0.39 is 10.0 Å². The van der Waals surface area contributed by atoms with E-state index in [-0.39, 0.29) is 4.90 Å². The molecule has 2 N–H and O–H groups in total.